The van der Waals surface area contributed by atoms with Crippen LogP contribution < -0.4 is 5.32 Å². The van der Waals surface area contributed by atoms with Crippen LogP contribution in [0.4, 0.5) is 0 Å². The average molecular weight is 236 g/mol. The van der Waals surface area contributed by atoms with Crippen LogP contribution >= 0.6 is 11.3 Å². The Morgan fingerprint density at radius 3 is 3.25 bits per heavy atom. The lowest BCUT2D eigenvalue weighted by atomic mass is 10.1. The van der Waals surface area contributed by atoms with Gasteiger partial charge in [-0.3, -0.25) is 0 Å². The number of thiazole rings is 1. The fourth-order valence-corrected chi connectivity index (χ4v) is 2.16. The van der Waals surface area contributed by atoms with E-state index in [9.17, 15) is 4.79 Å². The van der Waals surface area contributed by atoms with Gasteiger partial charge in [0.05, 0.1) is 17.7 Å². The second kappa shape index (κ2) is 4.94. The van der Waals surface area contributed by atoms with Crippen molar-refractivity contribution in [2.45, 2.75) is 6.42 Å². The maximum Gasteiger partial charge on any atom is 0.339 e. The maximum absolute atomic E-state index is 11.3. The van der Waals surface area contributed by atoms with Crippen LogP contribution in [-0.4, -0.2) is 24.6 Å². The van der Waals surface area contributed by atoms with E-state index in [0.29, 0.717) is 5.57 Å². The van der Waals surface area contributed by atoms with Gasteiger partial charge in [0.1, 0.15) is 0 Å². The molecule has 1 aromatic rings. The van der Waals surface area contributed by atoms with Gasteiger partial charge in [-0.05, 0) is 11.6 Å². The second-order valence-electron chi connectivity index (χ2n) is 3.38. The molecule has 1 aromatic heterocycles. The van der Waals surface area contributed by atoms with Gasteiger partial charge in [-0.15, -0.1) is 11.3 Å². The number of ether oxygens (including phenoxy) is 1. The van der Waals surface area contributed by atoms with E-state index in [4.69, 9.17) is 0 Å². The molecule has 0 bridgehead atoms. The Bertz CT molecular complexity index is 435. The number of rotatable bonds is 3. The Morgan fingerprint density at radius 2 is 2.56 bits per heavy atom. The molecule has 0 spiro atoms. The molecule has 1 aliphatic heterocycles. The van der Waals surface area contributed by atoms with Crippen LogP contribution in [0.5, 0.6) is 0 Å². The van der Waals surface area contributed by atoms with Crippen molar-refractivity contribution < 1.29 is 9.53 Å². The minimum atomic E-state index is -0.316. The summed E-state index contributed by atoms with van der Waals surface area (Å²) in [6.07, 6.45) is 6.10. The molecule has 2 rings (SSSR count). The molecule has 0 saturated carbocycles. The van der Waals surface area contributed by atoms with Gasteiger partial charge < -0.3 is 10.1 Å². The molecular formula is C11H12N2O2S. The van der Waals surface area contributed by atoms with Gasteiger partial charge in [-0.2, -0.15) is 0 Å². The van der Waals surface area contributed by atoms with Crippen molar-refractivity contribution in [3.63, 3.8) is 0 Å². The molecule has 4 nitrogen and oxygen atoms in total. The summed E-state index contributed by atoms with van der Waals surface area (Å²) in [5.74, 6) is -0.316. The van der Waals surface area contributed by atoms with E-state index in [1.165, 1.54) is 7.11 Å². The molecule has 0 saturated heterocycles. The zero-order chi connectivity index (χ0) is 11.4. The van der Waals surface area contributed by atoms with E-state index in [1.54, 1.807) is 23.7 Å². The van der Waals surface area contributed by atoms with E-state index in [-0.39, 0.29) is 5.97 Å². The summed E-state index contributed by atoms with van der Waals surface area (Å²) in [4.78, 5) is 15.5. The highest BCUT2D eigenvalue weighted by Gasteiger charge is 2.13. The van der Waals surface area contributed by atoms with Crippen LogP contribution in [0.2, 0.25) is 0 Å². The van der Waals surface area contributed by atoms with Gasteiger partial charge in [0.2, 0.25) is 0 Å². The Hall–Kier alpha value is -1.62. The predicted octanol–water partition coefficient (Wildman–Crippen LogP) is 1.27. The van der Waals surface area contributed by atoms with Crippen molar-refractivity contribution in [3.05, 3.63) is 40.0 Å². The lowest BCUT2D eigenvalue weighted by Crippen LogP contribution is -2.19. The molecule has 0 aliphatic carbocycles. The number of methoxy groups -OCH3 is 1. The van der Waals surface area contributed by atoms with Crippen LogP contribution in [0.15, 0.2) is 35.0 Å². The summed E-state index contributed by atoms with van der Waals surface area (Å²) in [5.41, 5.74) is 1.69. The molecule has 5 heteroatoms. The molecule has 0 radical (unpaired) electrons. The van der Waals surface area contributed by atoms with Crippen molar-refractivity contribution in [3.8, 4) is 0 Å². The van der Waals surface area contributed by atoms with E-state index in [0.717, 1.165) is 23.5 Å². The first kappa shape index (κ1) is 10.9. The van der Waals surface area contributed by atoms with E-state index in [2.05, 4.69) is 15.0 Å². The monoisotopic (exact) mass is 236 g/mol. The third-order valence-electron chi connectivity index (χ3n) is 2.23. The minimum Gasteiger partial charge on any atom is -0.465 e. The van der Waals surface area contributed by atoms with Crippen molar-refractivity contribution >= 4 is 17.3 Å². The Kier molecular flexibility index (Phi) is 3.36. The van der Waals surface area contributed by atoms with Gasteiger partial charge in [-0.25, -0.2) is 9.78 Å². The molecule has 84 valence electrons. The number of esters is 1. The van der Waals surface area contributed by atoms with E-state index in [1.807, 2.05) is 11.5 Å². The summed E-state index contributed by atoms with van der Waals surface area (Å²) in [6, 6.07) is 0. The van der Waals surface area contributed by atoms with Crippen LogP contribution in [0.25, 0.3) is 0 Å². The molecule has 0 unspecified atom stereocenters. The third-order valence-corrected chi connectivity index (χ3v) is 3.01. The number of carbonyl (C=O) groups excluding carboxylic acids is 1. The van der Waals surface area contributed by atoms with Crippen LogP contribution in [-0.2, 0) is 16.0 Å². The number of aromatic nitrogens is 1. The first-order chi connectivity index (χ1) is 7.79. The molecule has 0 aromatic carbocycles. The van der Waals surface area contributed by atoms with Crippen molar-refractivity contribution in [2.75, 3.05) is 13.7 Å². The zero-order valence-electron chi connectivity index (χ0n) is 8.90. The van der Waals surface area contributed by atoms with Crippen LogP contribution in [0, 0.1) is 0 Å². The topological polar surface area (TPSA) is 51.2 Å². The Labute approximate surface area is 97.7 Å². The Morgan fingerprint density at radius 1 is 1.69 bits per heavy atom. The van der Waals surface area contributed by atoms with Crippen molar-refractivity contribution in [1.29, 1.82) is 0 Å². The molecule has 1 aliphatic rings. The SMILES string of the molecule is COC(=O)C1=CNCC(Cc2nccs2)=C1. The first-order valence-corrected chi connectivity index (χ1v) is 5.77. The number of dihydropyridines is 1. The largest absolute Gasteiger partial charge is 0.465 e. The van der Waals surface area contributed by atoms with Gasteiger partial charge in [0.15, 0.2) is 0 Å². The lowest BCUT2D eigenvalue weighted by Gasteiger charge is -2.13. The summed E-state index contributed by atoms with van der Waals surface area (Å²) in [7, 11) is 1.38. The number of hydrogen-bond donors (Lipinski definition) is 1. The molecule has 1 N–H and O–H groups in total. The zero-order valence-corrected chi connectivity index (χ0v) is 9.71. The normalized spacial score (nSPS) is 14.8. The van der Waals surface area contributed by atoms with E-state index < -0.39 is 0 Å². The number of carbonyl (C=O) groups is 1. The molecule has 2 heterocycles. The molecule has 0 atom stereocenters. The van der Waals surface area contributed by atoms with Gasteiger partial charge in [0.25, 0.3) is 0 Å². The van der Waals surface area contributed by atoms with Crippen molar-refractivity contribution in [2.24, 2.45) is 0 Å². The van der Waals surface area contributed by atoms with Gasteiger partial charge in [0, 0.05) is 30.7 Å². The van der Waals surface area contributed by atoms with Crippen LogP contribution in [0.1, 0.15) is 5.01 Å². The molecular weight excluding hydrogens is 224 g/mol. The summed E-state index contributed by atoms with van der Waals surface area (Å²) in [6.45, 7) is 0.750. The fraction of sp³-hybridized carbons (Fsp3) is 0.273. The quantitative estimate of drug-likeness (QED) is 0.803. The molecule has 0 amide bonds. The van der Waals surface area contributed by atoms with Gasteiger partial charge in [-0.1, -0.05) is 0 Å². The first-order valence-electron chi connectivity index (χ1n) is 4.89. The van der Waals surface area contributed by atoms with E-state index >= 15 is 0 Å². The maximum atomic E-state index is 11.3. The fourth-order valence-electron chi connectivity index (χ4n) is 1.49. The Balaban J connectivity index is 2.08. The smallest absolute Gasteiger partial charge is 0.339 e. The summed E-state index contributed by atoms with van der Waals surface area (Å²) >= 11 is 1.62. The number of nitrogens with one attached hydrogen (secondary N) is 1. The van der Waals surface area contributed by atoms with Gasteiger partial charge >= 0.3 is 5.97 Å². The van der Waals surface area contributed by atoms with Crippen molar-refractivity contribution in [1.82, 2.24) is 10.3 Å². The molecule has 16 heavy (non-hydrogen) atoms. The molecule has 0 fully saturated rings. The highest BCUT2D eigenvalue weighted by atomic mass is 32.1. The number of nitrogens with zero attached hydrogens (tertiary/aromatic N) is 1. The predicted molar refractivity (Wildman–Crippen MR) is 62.0 cm³/mol. The minimum absolute atomic E-state index is 0.316. The average Bonchev–Trinajstić information content (AvgIpc) is 2.81. The second-order valence-corrected chi connectivity index (χ2v) is 4.36. The number of hydrogen-bond acceptors (Lipinski definition) is 5. The summed E-state index contributed by atoms with van der Waals surface area (Å²) in [5, 5.41) is 6.06. The standard InChI is InChI=1S/C11H12N2O2S/c1-15-11(14)9-4-8(6-12-7-9)5-10-13-2-3-16-10/h2-4,7,12H,5-6H2,1H3. The lowest BCUT2D eigenvalue weighted by molar-refractivity contribution is -0.135. The highest BCUT2D eigenvalue weighted by Crippen LogP contribution is 2.15. The third kappa shape index (κ3) is 2.49. The highest BCUT2D eigenvalue weighted by molar-refractivity contribution is 7.09. The van der Waals surface area contributed by atoms with Crippen LogP contribution in [0.3, 0.4) is 0 Å². The summed E-state index contributed by atoms with van der Waals surface area (Å²) < 4.78 is 4.67.